The van der Waals surface area contributed by atoms with E-state index >= 15 is 0 Å². The first-order valence-corrected chi connectivity index (χ1v) is 16.2. The summed E-state index contributed by atoms with van der Waals surface area (Å²) in [7, 11) is 0. The van der Waals surface area contributed by atoms with Crippen LogP contribution in [0.1, 0.15) is 0 Å². The second kappa shape index (κ2) is 11.6. The molecule has 0 atom stereocenters. The number of hydrogen-bond acceptors (Lipinski definition) is 9. The van der Waals surface area contributed by atoms with Gasteiger partial charge in [0.05, 0.1) is 6.20 Å². The van der Waals surface area contributed by atoms with Crippen LogP contribution in [0.3, 0.4) is 0 Å². The summed E-state index contributed by atoms with van der Waals surface area (Å²) < 4.78 is 6.13. The highest BCUT2D eigenvalue weighted by molar-refractivity contribution is 5.86. The van der Waals surface area contributed by atoms with E-state index in [1.54, 1.807) is 31.0 Å². The Morgan fingerprint density at radius 3 is 1.29 bits per heavy atom. The third-order valence-corrected chi connectivity index (χ3v) is 8.68. The Kier molecular flexibility index (Phi) is 6.49. The van der Waals surface area contributed by atoms with Crippen molar-refractivity contribution in [1.82, 2.24) is 58.6 Å². The van der Waals surface area contributed by atoms with E-state index in [9.17, 15) is 0 Å². The average Bonchev–Trinajstić information content (AvgIpc) is 3.91. The van der Waals surface area contributed by atoms with Crippen LogP contribution in [0.5, 0.6) is 0 Å². The summed E-state index contributed by atoms with van der Waals surface area (Å²) in [5, 5.41) is 0. The molecule has 12 heteroatoms. The molecule has 12 nitrogen and oxygen atoms in total. The topological polar surface area (TPSA) is 131 Å². The predicted octanol–water partition coefficient (Wildman–Crippen LogP) is 7.07. The first-order valence-electron chi connectivity index (χ1n) is 16.2. The van der Waals surface area contributed by atoms with Gasteiger partial charge in [-0.25, -0.2) is 44.9 Å². The third kappa shape index (κ3) is 4.73. The molecule has 0 fully saturated rings. The fraction of sp³-hybridized carbons (Fsp3) is 0. The van der Waals surface area contributed by atoms with Crippen LogP contribution >= 0.6 is 0 Å². The molecule has 0 aliphatic heterocycles. The second-order valence-electron chi connectivity index (χ2n) is 11.8. The van der Waals surface area contributed by atoms with Gasteiger partial charge >= 0.3 is 0 Å². The Hall–Kier alpha value is -7.47. The monoisotopic (exact) mass is 660 g/mol. The molecule has 0 amide bonds. The van der Waals surface area contributed by atoms with E-state index in [2.05, 4.69) is 42.7 Å². The lowest BCUT2D eigenvalue weighted by Crippen LogP contribution is -2.02. The summed E-state index contributed by atoms with van der Waals surface area (Å²) in [4.78, 5) is 42.7. The standard InChI is InChI=1S/C39H24N12/c1-4-10-28(11-5-1)49-31-23-40-24-45-32(31)46-35(49)25-20-26(36-47-33-38(43-18-16-41-33)50(36)29-12-6-2-7-13-29)22-27(21-25)37-48-34-39(44-19-17-42-34)51(37)30-14-8-3-9-15-30/h1-24H. The molecule has 0 bridgehead atoms. The summed E-state index contributed by atoms with van der Waals surface area (Å²) in [5.74, 6) is 2.00. The molecule has 10 rings (SSSR count). The number of hydrogen-bond donors (Lipinski definition) is 0. The molecular formula is C39H24N12. The number of aromatic nitrogens is 12. The van der Waals surface area contributed by atoms with Gasteiger partial charge in [-0.1, -0.05) is 54.6 Å². The zero-order valence-electron chi connectivity index (χ0n) is 26.7. The van der Waals surface area contributed by atoms with Crippen molar-refractivity contribution in [2.75, 3.05) is 0 Å². The van der Waals surface area contributed by atoms with Gasteiger partial charge in [0, 0.05) is 58.5 Å². The quantitative estimate of drug-likeness (QED) is 0.184. The molecule has 51 heavy (non-hydrogen) atoms. The minimum atomic E-state index is 0.528. The van der Waals surface area contributed by atoms with Gasteiger partial charge in [0.2, 0.25) is 0 Å². The molecule has 0 radical (unpaired) electrons. The molecule has 0 aliphatic rings. The number of rotatable bonds is 6. The van der Waals surface area contributed by atoms with Gasteiger partial charge in [0.25, 0.3) is 0 Å². The summed E-state index contributed by atoms with van der Waals surface area (Å²) >= 11 is 0. The molecule has 240 valence electrons. The zero-order chi connectivity index (χ0) is 33.7. The Morgan fingerprint density at radius 2 is 0.804 bits per heavy atom. The van der Waals surface area contributed by atoms with Crippen LogP contribution in [0, 0.1) is 0 Å². The lowest BCUT2D eigenvalue weighted by atomic mass is 10.0. The SMILES string of the molecule is c1ccc(-n2c(-c3cc(-c4nc5nccnc5n4-c4ccccc4)cc(-c4nc5nccnc5n4-c4ccccc4)c3)nc3ncncc32)cc1. The van der Waals surface area contributed by atoms with Gasteiger partial charge in [-0.2, -0.15) is 0 Å². The number of imidazole rings is 3. The lowest BCUT2D eigenvalue weighted by Gasteiger charge is -2.15. The molecule has 6 heterocycles. The van der Waals surface area contributed by atoms with Gasteiger partial charge in [-0.3, -0.25) is 13.7 Å². The maximum absolute atomic E-state index is 5.08. The lowest BCUT2D eigenvalue weighted by molar-refractivity contribution is 1.07. The van der Waals surface area contributed by atoms with Crippen LogP contribution in [-0.2, 0) is 0 Å². The predicted molar refractivity (Wildman–Crippen MR) is 193 cm³/mol. The van der Waals surface area contributed by atoms with Crippen molar-refractivity contribution >= 4 is 33.8 Å². The Balaban J connectivity index is 1.31. The molecule has 0 spiro atoms. The molecule has 10 aromatic rings. The largest absolute Gasteiger partial charge is 0.289 e. The molecule has 0 saturated heterocycles. The molecule has 4 aromatic carbocycles. The number of benzene rings is 4. The number of nitrogens with zero attached hydrogens (tertiary/aromatic N) is 12. The van der Waals surface area contributed by atoms with E-state index in [1.165, 1.54) is 6.33 Å². The maximum Gasteiger partial charge on any atom is 0.198 e. The number of fused-ring (bicyclic) bond motifs is 3. The summed E-state index contributed by atoms with van der Waals surface area (Å²) in [5.41, 5.74) is 8.83. The van der Waals surface area contributed by atoms with Crippen molar-refractivity contribution in [3.63, 3.8) is 0 Å². The smallest absolute Gasteiger partial charge is 0.198 e. The maximum atomic E-state index is 5.08. The van der Waals surface area contributed by atoms with Crippen molar-refractivity contribution in [3.8, 4) is 51.2 Å². The van der Waals surface area contributed by atoms with E-state index in [1.807, 2.05) is 100 Å². The first kappa shape index (κ1) is 28.5. The Morgan fingerprint density at radius 1 is 0.392 bits per heavy atom. The summed E-state index contributed by atoms with van der Waals surface area (Å²) in [6.07, 6.45) is 9.97. The minimum absolute atomic E-state index is 0.528. The fourth-order valence-electron chi connectivity index (χ4n) is 6.52. The summed E-state index contributed by atoms with van der Waals surface area (Å²) in [6.45, 7) is 0. The van der Waals surface area contributed by atoms with Crippen molar-refractivity contribution in [3.05, 3.63) is 147 Å². The molecular weight excluding hydrogens is 637 g/mol. The van der Waals surface area contributed by atoms with Crippen molar-refractivity contribution in [1.29, 1.82) is 0 Å². The highest BCUT2D eigenvalue weighted by Crippen LogP contribution is 2.37. The van der Waals surface area contributed by atoms with Gasteiger partial charge < -0.3 is 0 Å². The molecule has 6 aromatic heterocycles. The zero-order valence-corrected chi connectivity index (χ0v) is 26.7. The van der Waals surface area contributed by atoms with Gasteiger partial charge in [-0.05, 0) is 54.6 Å². The third-order valence-electron chi connectivity index (χ3n) is 8.68. The minimum Gasteiger partial charge on any atom is -0.289 e. The van der Waals surface area contributed by atoms with Crippen LogP contribution in [0.25, 0.3) is 85.0 Å². The van der Waals surface area contributed by atoms with Crippen LogP contribution in [0.15, 0.2) is 147 Å². The van der Waals surface area contributed by atoms with Crippen LogP contribution in [-0.4, -0.2) is 58.6 Å². The first-order chi connectivity index (χ1) is 25.3. The van der Waals surface area contributed by atoms with E-state index in [-0.39, 0.29) is 0 Å². The van der Waals surface area contributed by atoms with Crippen molar-refractivity contribution < 1.29 is 0 Å². The average molecular weight is 661 g/mol. The Bertz CT molecular complexity index is 2540. The second-order valence-corrected chi connectivity index (χ2v) is 11.8. The fourth-order valence-corrected chi connectivity index (χ4v) is 6.52. The van der Waals surface area contributed by atoms with E-state index in [0.717, 1.165) is 39.3 Å². The summed E-state index contributed by atoms with van der Waals surface area (Å²) in [6, 6.07) is 36.4. The van der Waals surface area contributed by atoms with Gasteiger partial charge in [-0.15, -0.1) is 0 Å². The highest BCUT2D eigenvalue weighted by Gasteiger charge is 2.24. The van der Waals surface area contributed by atoms with E-state index in [0.29, 0.717) is 45.7 Å². The van der Waals surface area contributed by atoms with E-state index in [4.69, 9.17) is 24.9 Å². The molecule has 0 unspecified atom stereocenters. The molecule has 0 N–H and O–H groups in total. The van der Waals surface area contributed by atoms with Crippen molar-refractivity contribution in [2.45, 2.75) is 0 Å². The van der Waals surface area contributed by atoms with Gasteiger partial charge in [0.15, 0.2) is 28.2 Å². The molecule has 0 saturated carbocycles. The van der Waals surface area contributed by atoms with Crippen LogP contribution in [0.2, 0.25) is 0 Å². The number of para-hydroxylation sites is 3. The van der Waals surface area contributed by atoms with Crippen LogP contribution in [0.4, 0.5) is 0 Å². The van der Waals surface area contributed by atoms with Crippen LogP contribution < -0.4 is 0 Å². The Labute approximate surface area is 289 Å². The normalized spacial score (nSPS) is 11.5. The van der Waals surface area contributed by atoms with E-state index < -0.39 is 0 Å². The van der Waals surface area contributed by atoms with Crippen molar-refractivity contribution in [2.24, 2.45) is 0 Å². The highest BCUT2D eigenvalue weighted by atomic mass is 15.2. The molecule has 0 aliphatic carbocycles. The van der Waals surface area contributed by atoms with Gasteiger partial charge in [0.1, 0.15) is 29.3 Å².